The molecular weight excluding hydrogens is 483 g/mol. The van der Waals surface area contributed by atoms with Gasteiger partial charge in [0, 0.05) is 0 Å². The lowest BCUT2D eigenvalue weighted by Gasteiger charge is -2.25. The number of aromatic amines is 1. The van der Waals surface area contributed by atoms with Crippen LogP contribution in [-0.2, 0) is 32.3 Å². The van der Waals surface area contributed by atoms with Crippen molar-refractivity contribution >= 4 is 31.2 Å². The topological polar surface area (TPSA) is 119 Å². The molecule has 4 heterocycles. The SMILES string of the molecule is CCCCOP(=O)(OCCCC)OC[C@H]1O[C@@H](n2cnc3c(=S)nc[nH]c32)[C@@H]2OC(C)(C)O[C@@H]21. The summed E-state index contributed by atoms with van der Waals surface area (Å²) in [6.07, 6.45) is 4.43. The first-order chi connectivity index (χ1) is 16.3. The maximum Gasteiger partial charge on any atom is 0.474 e. The molecule has 13 heteroatoms. The lowest BCUT2D eigenvalue weighted by Crippen LogP contribution is -2.32. The number of nitrogens with one attached hydrogen (secondary N) is 1. The van der Waals surface area contributed by atoms with Crippen molar-refractivity contribution in [2.45, 2.75) is 83.7 Å². The third-order valence-corrected chi connectivity index (χ3v) is 7.43. The van der Waals surface area contributed by atoms with Gasteiger partial charge in [0.05, 0.1) is 32.5 Å². The summed E-state index contributed by atoms with van der Waals surface area (Å²) in [5.74, 6) is -0.820. The van der Waals surface area contributed by atoms with E-state index in [0.29, 0.717) is 29.0 Å². The summed E-state index contributed by atoms with van der Waals surface area (Å²) in [5, 5.41) is 0. The van der Waals surface area contributed by atoms with E-state index in [2.05, 4.69) is 15.0 Å². The molecule has 0 aromatic carbocycles. The van der Waals surface area contributed by atoms with Crippen LogP contribution >= 0.6 is 20.0 Å². The van der Waals surface area contributed by atoms with Crippen LogP contribution in [0, 0.1) is 4.64 Å². The first-order valence-corrected chi connectivity index (χ1v) is 13.6. The van der Waals surface area contributed by atoms with Gasteiger partial charge < -0.3 is 19.2 Å². The molecule has 1 N–H and O–H groups in total. The third kappa shape index (κ3) is 5.60. The number of aromatic nitrogens is 4. The lowest BCUT2D eigenvalue weighted by atomic mass is 10.1. The van der Waals surface area contributed by atoms with E-state index in [0.717, 1.165) is 25.7 Å². The Labute approximate surface area is 204 Å². The van der Waals surface area contributed by atoms with Gasteiger partial charge in [-0.1, -0.05) is 38.9 Å². The number of hydrogen-bond acceptors (Lipinski definition) is 10. The van der Waals surface area contributed by atoms with E-state index in [4.69, 9.17) is 40.0 Å². The minimum absolute atomic E-state index is 0.0448. The Hall–Kier alpha value is -1.24. The second-order valence-corrected chi connectivity index (χ2v) is 10.9. The van der Waals surface area contributed by atoms with Gasteiger partial charge in [-0.2, -0.15) is 0 Å². The largest absolute Gasteiger partial charge is 0.474 e. The molecule has 0 spiro atoms. The molecule has 4 rings (SSSR count). The fourth-order valence-electron chi connectivity index (χ4n) is 4.00. The highest BCUT2D eigenvalue weighted by atomic mass is 32.1. The molecule has 0 saturated carbocycles. The number of fused-ring (bicyclic) bond motifs is 2. The van der Waals surface area contributed by atoms with E-state index in [1.165, 1.54) is 6.33 Å². The number of nitrogens with zero attached hydrogens (tertiary/aromatic N) is 3. The molecule has 0 bridgehead atoms. The van der Waals surface area contributed by atoms with Crippen molar-refractivity contribution in [3.8, 4) is 0 Å². The van der Waals surface area contributed by atoms with Gasteiger partial charge in [-0.3, -0.25) is 18.1 Å². The summed E-state index contributed by atoms with van der Waals surface area (Å²) in [6, 6.07) is 0. The van der Waals surface area contributed by atoms with Crippen molar-refractivity contribution in [3.63, 3.8) is 0 Å². The molecule has 2 saturated heterocycles. The average Bonchev–Trinajstić information content (AvgIpc) is 3.44. The zero-order valence-electron chi connectivity index (χ0n) is 20.0. The van der Waals surface area contributed by atoms with Crippen molar-refractivity contribution in [1.29, 1.82) is 0 Å². The number of phosphoric acid groups is 1. The standard InChI is InChI=1S/C21H33N4O7PS/c1-5-7-9-27-33(26,28-10-8-6-2)29-11-14-16-17(32-21(3,4)31-16)20(30-14)25-13-24-15-18(25)22-12-23-19(15)34/h12-14,16-17,20H,5-11H2,1-4H3,(H,22,23,34)/t14-,16-,17-,20-/m1/s1. The number of hydrogen-bond donors (Lipinski definition) is 1. The van der Waals surface area contributed by atoms with Crippen LogP contribution in [0.3, 0.4) is 0 Å². The van der Waals surface area contributed by atoms with Crippen LogP contribution in [0.15, 0.2) is 12.7 Å². The molecular formula is C21H33N4O7PS. The van der Waals surface area contributed by atoms with Gasteiger partial charge >= 0.3 is 7.82 Å². The van der Waals surface area contributed by atoms with Crippen LogP contribution < -0.4 is 0 Å². The van der Waals surface area contributed by atoms with E-state index in [-0.39, 0.29) is 6.61 Å². The summed E-state index contributed by atoms with van der Waals surface area (Å²) < 4.78 is 50.9. The maximum absolute atomic E-state index is 13.2. The number of phosphoric ester groups is 1. The highest BCUT2D eigenvalue weighted by molar-refractivity contribution is 7.71. The monoisotopic (exact) mass is 516 g/mol. The average molecular weight is 517 g/mol. The second kappa shape index (κ2) is 10.8. The maximum atomic E-state index is 13.2. The second-order valence-electron chi connectivity index (χ2n) is 8.80. The number of imidazole rings is 1. The van der Waals surface area contributed by atoms with Gasteiger partial charge in [-0.15, -0.1) is 0 Å². The summed E-state index contributed by atoms with van der Waals surface area (Å²) >= 11 is 5.28. The first-order valence-electron chi connectivity index (χ1n) is 11.7. The van der Waals surface area contributed by atoms with Crippen LogP contribution in [-0.4, -0.2) is 63.4 Å². The Morgan fingerprint density at radius 3 is 2.47 bits per heavy atom. The van der Waals surface area contributed by atoms with Gasteiger partial charge in [-0.05, 0) is 26.7 Å². The Morgan fingerprint density at radius 1 is 1.12 bits per heavy atom. The molecule has 2 aliphatic rings. The van der Waals surface area contributed by atoms with Crippen LogP contribution in [0.5, 0.6) is 0 Å². The van der Waals surface area contributed by atoms with Crippen LogP contribution in [0.4, 0.5) is 0 Å². The molecule has 0 unspecified atom stereocenters. The van der Waals surface area contributed by atoms with Crippen LogP contribution in [0.25, 0.3) is 11.2 Å². The Balaban J connectivity index is 1.52. The highest BCUT2D eigenvalue weighted by Crippen LogP contribution is 2.51. The molecule has 0 radical (unpaired) electrons. The molecule has 34 heavy (non-hydrogen) atoms. The zero-order chi connectivity index (χ0) is 24.3. The lowest BCUT2D eigenvalue weighted by molar-refractivity contribution is -0.199. The molecule has 11 nitrogen and oxygen atoms in total. The molecule has 2 aliphatic heterocycles. The normalized spacial score (nSPS) is 26.4. The van der Waals surface area contributed by atoms with Crippen molar-refractivity contribution in [3.05, 3.63) is 17.3 Å². The van der Waals surface area contributed by atoms with Gasteiger partial charge in [0.2, 0.25) is 0 Å². The van der Waals surface area contributed by atoms with Crippen molar-refractivity contribution in [1.82, 2.24) is 19.5 Å². The van der Waals surface area contributed by atoms with Gasteiger partial charge in [-0.25, -0.2) is 14.5 Å². The number of rotatable bonds is 12. The summed E-state index contributed by atoms with van der Waals surface area (Å²) in [5.41, 5.74) is 1.23. The zero-order valence-corrected chi connectivity index (χ0v) is 21.7. The molecule has 2 fully saturated rings. The predicted octanol–water partition coefficient (Wildman–Crippen LogP) is 4.66. The minimum Gasteiger partial charge on any atom is -0.347 e. The van der Waals surface area contributed by atoms with Crippen molar-refractivity contribution in [2.75, 3.05) is 19.8 Å². The Kier molecular flexibility index (Phi) is 8.20. The first kappa shape index (κ1) is 25.8. The quantitative estimate of drug-likeness (QED) is 0.242. The van der Waals surface area contributed by atoms with E-state index in [1.807, 2.05) is 32.3 Å². The minimum atomic E-state index is -3.75. The number of H-pyrrole nitrogens is 1. The molecule has 4 atom stereocenters. The molecule has 2 aromatic rings. The summed E-state index contributed by atoms with van der Waals surface area (Å²) in [7, 11) is -3.75. The highest BCUT2D eigenvalue weighted by Gasteiger charge is 2.56. The van der Waals surface area contributed by atoms with Gasteiger partial charge in [0.1, 0.15) is 29.5 Å². The summed E-state index contributed by atoms with van der Waals surface area (Å²) in [4.78, 5) is 11.5. The fourth-order valence-corrected chi connectivity index (χ4v) is 5.46. The Morgan fingerprint density at radius 2 is 1.79 bits per heavy atom. The summed E-state index contributed by atoms with van der Waals surface area (Å²) in [6.45, 7) is 8.29. The van der Waals surface area contributed by atoms with Crippen molar-refractivity contribution in [2.24, 2.45) is 0 Å². The number of unbranched alkanes of at least 4 members (excludes halogenated alkanes) is 2. The van der Waals surface area contributed by atoms with Gasteiger partial charge in [0.25, 0.3) is 0 Å². The van der Waals surface area contributed by atoms with E-state index >= 15 is 0 Å². The van der Waals surface area contributed by atoms with Gasteiger partial charge in [0.15, 0.2) is 16.7 Å². The smallest absolute Gasteiger partial charge is 0.347 e. The third-order valence-electron chi connectivity index (χ3n) is 5.67. The van der Waals surface area contributed by atoms with Crippen LogP contribution in [0.1, 0.15) is 59.6 Å². The molecule has 190 valence electrons. The fraction of sp³-hybridized carbons (Fsp3) is 0.762. The molecule has 0 aliphatic carbocycles. The van der Waals surface area contributed by atoms with E-state index in [1.54, 1.807) is 6.33 Å². The van der Waals surface area contributed by atoms with Crippen LogP contribution in [0.2, 0.25) is 0 Å². The van der Waals surface area contributed by atoms with E-state index in [9.17, 15) is 4.57 Å². The van der Waals surface area contributed by atoms with Crippen molar-refractivity contribution < 1.29 is 32.3 Å². The number of ether oxygens (including phenoxy) is 3. The molecule has 0 amide bonds. The predicted molar refractivity (Wildman–Crippen MR) is 126 cm³/mol. The van der Waals surface area contributed by atoms with E-state index < -0.39 is 38.1 Å². The Bertz CT molecular complexity index is 1060. The molecule has 2 aromatic heterocycles.